The van der Waals surface area contributed by atoms with Crippen LogP contribution in [0.25, 0.3) is 0 Å². The molecule has 0 atom stereocenters. The maximum absolute atomic E-state index is 5.57. The first kappa shape index (κ1) is 8.88. The first-order valence-electron chi connectivity index (χ1n) is 3.02. The largest absolute Gasteiger partial charge is 0.313 e. The predicted octanol–water partition coefficient (Wildman–Crippen LogP) is -0.0196. The second kappa shape index (κ2) is 2.25. The van der Waals surface area contributed by atoms with Gasteiger partial charge in [-0.1, -0.05) is 0 Å². The number of hydrogen-bond acceptors (Lipinski definition) is 2. The van der Waals surface area contributed by atoms with Gasteiger partial charge in [0.2, 0.25) is 0 Å². The van der Waals surface area contributed by atoms with Crippen molar-refractivity contribution in [3.8, 4) is 0 Å². The third-order valence-electron chi connectivity index (χ3n) is 0.576. The zero-order valence-corrected chi connectivity index (χ0v) is 6.60. The quantitative estimate of drug-likeness (QED) is 0.551. The fourth-order valence-corrected chi connectivity index (χ4v) is 0.743. The summed E-state index contributed by atoms with van der Waals surface area (Å²) >= 11 is 0. The van der Waals surface area contributed by atoms with E-state index in [-0.39, 0.29) is 0 Å². The van der Waals surface area contributed by atoms with Crippen molar-refractivity contribution in [3.63, 3.8) is 0 Å². The van der Waals surface area contributed by atoms with E-state index >= 15 is 0 Å². The molecule has 55 valence electrons. The van der Waals surface area contributed by atoms with E-state index in [0.29, 0.717) is 0 Å². The van der Waals surface area contributed by atoms with Crippen molar-refractivity contribution in [2.45, 2.75) is 39.0 Å². The molecule has 1 radical (unpaired) electrons. The summed E-state index contributed by atoms with van der Waals surface area (Å²) in [6.07, 6.45) is 0. The third kappa shape index (κ3) is 7.88. The van der Waals surface area contributed by atoms with Crippen LogP contribution in [-0.4, -0.2) is 11.3 Å². The summed E-state index contributed by atoms with van der Waals surface area (Å²) in [6, 6.07) is 0. The van der Waals surface area contributed by atoms with Crippen LogP contribution in [0.4, 0.5) is 0 Å². The Hall–Kier alpha value is -0.120. The van der Waals surface area contributed by atoms with Gasteiger partial charge in [-0.25, -0.2) is 5.32 Å². The van der Waals surface area contributed by atoms with Gasteiger partial charge in [-0.2, -0.15) is 0 Å². The molecule has 0 rings (SSSR count). The van der Waals surface area contributed by atoms with Crippen molar-refractivity contribution in [2.24, 2.45) is 11.5 Å². The summed E-state index contributed by atoms with van der Waals surface area (Å²) in [5.74, 6) is 0. The van der Waals surface area contributed by atoms with E-state index in [0.717, 1.165) is 0 Å². The smallest absolute Gasteiger partial charge is 0.0787 e. The van der Waals surface area contributed by atoms with E-state index in [4.69, 9.17) is 11.5 Å². The highest BCUT2D eigenvalue weighted by Crippen LogP contribution is 2.01. The highest BCUT2D eigenvalue weighted by Gasteiger charge is 2.21. The number of hydrogen-bond donors (Lipinski definition) is 2. The highest BCUT2D eigenvalue weighted by atomic mass is 15.2. The Labute approximate surface area is 56.8 Å². The van der Waals surface area contributed by atoms with Crippen LogP contribution in [-0.2, 0) is 0 Å². The molecule has 0 aliphatic heterocycles. The Balaban J connectivity index is 3.75. The van der Waals surface area contributed by atoms with Crippen LogP contribution >= 0.6 is 0 Å². The van der Waals surface area contributed by atoms with Crippen LogP contribution in [0.15, 0.2) is 0 Å². The molecule has 0 fully saturated rings. The third-order valence-corrected chi connectivity index (χ3v) is 0.576. The maximum atomic E-state index is 5.57. The lowest BCUT2D eigenvalue weighted by molar-refractivity contribution is 0.268. The van der Waals surface area contributed by atoms with E-state index in [1.54, 1.807) is 0 Å². The van der Waals surface area contributed by atoms with Crippen LogP contribution in [0.3, 0.4) is 0 Å². The molecule has 4 N–H and O–H groups in total. The number of nitrogens with two attached hydrogens (primary N) is 2. The van der Waals surface area contributed by atoms with Gasteiger partial charge in [0, 0.05) is 0 Å². The zero-order valence-electron chi connectivity index (χ0n) is 6.60. The lowest BCUT2D eigenvalue weighted by Gasteiger charge is -2.28. The minimum absolute atomic E-state index is 0.516. The fraction of sp³-hybridized carbons (Fsp3) is 1.00. The monoisotopic (exact) mass is 130 g/mol. The maximum Gasteiger partial charge on any atom is 0.0787 e. The average molecular weight is 130 g/mol. The van der Waals surface area contributed by atoms with Crippen LogP contribution in [0, 0.1) is 0 Å². The molecule has 3 heteroatoms. The zero-order chi connectivity index (χ0) is 7.71. The minimum Gasteiger partial charge on any atom is -0.313 e. The van der Waals surface area contributed by atoms with E-state index in [2.05, 4.69) is 5.32 Å². The van der Waals surface area contributed by atoms with Gasteiger partial charge in [0.1, 0.15) is 0 Å². The highest BCUT2D eigenvalue weighted by molar-refractivity contribution is 4.77. The van der Waals surface area contributed by atoms with Gasteiger partial charge in [0.15, 0.2) is 0 Å². The summed E-state index contributed by atoms with van der Waals surface area (Å²) in [6.45, 7) is 7.28. The average Bonchev–Trinajstić information content (AvgIpc) is 1.14. The Morgan fingerprint density at radius 3 is 1.11 bits per heavy atom. The Kier molecular flexibility index (Phi) is 2.22. The molecule has 0 saturated heterocycles. The van der Waals surface area contributed by atoms with Crippen molar-refractivity contribution in [2.75, 3.05) is 0 Å². The summed E-state index contributed by atoms with van der Waals surface area (Å²) in [7, 11) is 0. The van der Waals surface area contributed by atoms with Crippen LogP contribution in [0.5, 0.6) is 0 Å². The lowest BCUT2D eigenvalue weighted by Crippen LogP contribution is -2.56. The van der Waals surface area contributed by atoms with E-state index in [1.807, 2.05) is 27.7 Å². The standard InChI is InChI=1S/C6H16N3/c1-5(2,7)9-6(3,4)8/h7-8H2,1-4H3. The minimum atomic E-state index is -0.516. The van der Waals surface area contributed by atoms with Crippen molar-refractivity contribution < 1.29 is 0 Å². The molecule has 0 amide bonds. The SMILES string of the molecule is CC(C)(N)[N]C(C)(C)N. The van der Waals surface area contributed by atoms with Gasteiger partial charge < -0.3 is 11.5 Å². The molecule has 0 bridgehead atoms. The van der Waals surface area contributed by atoms with E-state index < -0.39 is 11.3 Å². The van der Waals surface area contributed by atoms with E-state index in [1.165, 1.54) is 0 Å². The van der Waals surface area contributed by atoms with Gasteiger partial charge in [-0.3, -0.25) is 0 Å². The molecule has 0 unspecified atom stereocenters. The Morgan fingerprint density at radius 2 is 1.11 bits per heavy atom. The summed E-state index contributed by atoms with van der Waals surface area (Å²) in [5.41, 5.74) is 10.1. The molecule has 0 saturated carbocycles. The van der Waals surface area contributed by atoms with Gasteiger partial charge in [-0.15, -0.1) is 0 Å². The summed E-state index contributed by atoms with van der Waals surface area (Å²) in [5, 5.41) is 4.10. The normalized spacial score (nSPS) is 14.0. The molecule has 0 aliphatic carbocycles. The summed E-state index contributed by atoms with van der Waals surface area (Å²) < 4.78 is 0. The number of rotatable bonds is 2. The molecule has 9 heavy (non-hydrogen) atoms. The molecule has 0 aromatic rings. The van der Waals surface area contributed by atoms with Gasteiger partial charge in [0.25, 0.3) is 0 Å². The Bertz CT molecular complexity index is 73.5. The van der Waals surface area contributed by atoms with Crippen molar-refractivity contribution in [1.82, 2.24) is 5.32 Å². The second-order valence-electron chi connectivity index (χ2n) is 3.42. The first-order valence-corrected chi connectivity index (χ1v) is 3.02. The molecule has 0 heterocycles. The lowest BCUT2D eigenvalue weighted by atomic mass is 10.2. The topological polar surface area (TPSA) is 66.1 Å². The number of nitrogens with zero attached hydrogens (tertiary/aromatic N) is 1. The van der Waals surface area contributed by atoms with Crippen LogP contribution < -0.4 is 16.8 Å². The second-order valence-corrected chi connectivity index (χ2v) is 3.42. The fourth-order valence-electron chi connectivity index (χ4n) is 0.743. The molecule has 0 spiro atoms. The Morgan fingerprint density at radius 1 is 0.889 bits per heavy atom. The van der Waals surface area contributed by atoms with E-state index in [9.17, 15) is 0 Å². The van der Waals surface area contributed by atoms with Crippen molar-refractivity contribution in [3.05, 3.63) is 0 Å². The van der Waals surface area contributed by atoms with Crippen molar-refractivity contribution >= 4 is 0 Å². The molecule has 0 aliphatic rings. The van der Waals surface area contributed by atoms with Gasteiger partial charge in [-0.05, 0) is 27.7 Å². The molecule has 3 nitrogen and oxygen atoms in total. The van der Waals surface area contributed by atoms with Crippen LogP contribution in [0.2, 0.25) is 0 Å². The van der Waals surface area contributed by atoms with Crippen LogP contribution in [0.1, 0.15) is 27.7 Å². The summed E-state index contributed by atoms with van der Waals surface area (Å²) in [4.78, 5) is 0. The molecular weight excluding hydrogens is 114 g/mol. The molecular formula is C6H16N3. The molecule has 0 aromatic heterocycles. The van der Waals surface area contributed by atoms with Gasteiger partial charge in [0.05, 0.1) is 11.3 Å². The predicted molar refractivity (Wildman–Crippen MR) is 38.7 cm³/mol. The molecule has 0 aromatic carbocycles. The van der Waals surface area contributed by atoms with Gasteiger partial charge >= 0.3 is 0 Å². The first-order chi connectivity index (χ1) is 3.71. The van der Waals surface area contributed by atoms with Crippen molar-refractivity contribution in [1.29, 1.82) is 0 Å².